The predicted octanol–water partition coefficient (Wildman–Crippen LogP) is -1.14. The van der Waals surface area contributed by atoms with Gasteiger partial charge in [0, 0.05) is 25.1 Å². The lowest BCUT2D eigenvalue weighted by Crippen LogP contribution is -2.32. The fourth-order valence-corrected chi connectivity index (χ4v) is 2.11. The van der Waals surface area contributed by atoms with Crippen LogP contribution in [0.3, 0.4) is 0 Å². The third-order valence-electron chi connectivity index (χ3n) is 3.91. The van der Waals surface area contributed by atoms with Gasteiger partial charge in [-0.3, -0.25) is 9.59 Å². The summed E-state index contributed by atoms with van der Waals surface area (Å²) in [5, 5.41) is 2.32. The van der Waals surface area contributed by atoms with Gasteiger partial charge >= 0.3 is 35.8 Å². The number of carbonyl (C=O) groups excluding carboxylic acids is 8. The first-order valence-electron chi connectivity index (χ1n) is 11.2. The summed E-state index contributed by atoms with van der Waals surface area (Å²) in [6, 6.07) is 0. The summed E-state index contributed by atoms with van der Waals surface area (Å²) in [6.07, 6.45) is 2.19. The first-order valence-corrected chi connectivity index (χ1v) is 11.2. The van der Waals surface area contributed by atoms with Crippen molar-refractivity contribution in [1.29, 1.82) is 0 Å². The van der Waals surface area contributed by atoms with Crippen LogP contribution >= 0.6 is 0 Å². The van der Waals surface area contributed by atoms with Gasteiger partial charge in [-0.1, -0.05) is 13.2 Å². The van der Waals surface area contributed by atoms with Gasteiger partial charge in [0.25, 0.3) is 5.91 Å². The quantitative estimate of drug-likeness (QED) is 0.0714. The third-order valence-corrected chi connectivity index (χ3v) is 3.91. The second-order valence-electron chi connectivity index (χ2n) is 6.78. The number of Topliss-reactive ketones (excluding diaryl/α,β-unsaturated/α-hetero) is 1. The number of carbonyl (C=O) groups is 8. The van der Waals surface area contributed by atoms with E-state index in [-0.39, 0.29) is 71.9 Å². The highest BCUT2D eigenvalue weighted by atomic mass is 16.6. The van der Waals surface area contributed by atoms with Gasteiger partial charge in [0.2, 0.25) is 5.78 Å². The summed E-state index contributed by atoms with van der Waals surface area (Å²) in [5.41, 5.74) is 0. The Morgan fingerprint density at radius 2 is 0.921 bits per heavy atom. The van der Waals surface area contributed by atoms with E-state index in [0.29, 0.717) is 0 Å². The van der Waals surface area contributed by atoms with E-state index < -0.39 is 47.5 Å². The molecule has 0 aliphatic carbocycles. The predicted molar refractivity (Wildman–Crippen MR) is 123 cm³/mol. The molecule has 0 aromatic carbocycles. The molecule has 0 fully saturated rings. The zero-order valence-corrected chi connectivity index (χ0v) is 20.6. The molecule has 15 heteroatoms. The molecule has 0 atom stereocenters. The maximum absolute atomic E-state index is 11.8. The summed E-state index contributed by atoms with van der Waals surface area (Å²) in [4.78, 5) is 90.8. The molecule has 1 N–H and O–H groups in total. The topological polar surface area (TPSA) is 204 Å². The second-order valence-corrected chi connectivity index (χ2v) is 6.78. The van der Waals surface area contributed by atoms with Gasteiger partial charge in [0.1, 0.15) is 26.4 Å². The van der Waals surface area contributed by atoms with E-state index in [1.54, 1.807) is 0 Å². The van der Waals surface area contributed by atoms with Crippen LogP contribution in [0.15, 0.2) is 25.3 Å². The van der Waals surface area contributed by atoms with Crippen molar-refractivity contribution in [3.8, 4) is 0 Å². The minimum Gasteiger partial charge on any atom is -0.459 e. The normalized spacial score (nSPS) is 9.68. The molecule has 0 aromatic rings. The van der Waals surface area contributed by atoms with E-state index in [4.69, 9.17) is 0 Å². The number of hydrogen-bond acceptors (Lipinski definition) is 14. The molecule has 15 nitrogen and oxygen atoms in total. The van der Waals surface area contributed by atoms with Crippen LogP contribution in [0.4, 0.5) is 0 Å². The Morgan fingerprint density at radius 3 is 1.37 bits per heavy atom. The molecule has 0 radical (unpaired) electrons. The van der Waals surface area contributed by atoms with Crippen LogP contribution in [0, 0.1) is 0 Å². The van der Waals surface area contributed by atoms with Crippen LogP contribution in [0.1, 0.15) is 25.7 Å². The molecule has 1 amide bonds. The first kappa shape index (κ1) is 33.4. The molecule has 0 saturated carbocycles. The number of hydrogen-bond donors (Lipinski definition) is 1. The first-order chi connectivity index (χ1) is 18.1. The van der Waals surface area contributed by atoms with Crippen molar-refractivity contribution in [2.24, 2.45) is 0 Å². The zero-order chi connectivity index (χ0) is 28.8. The third kappa shape index (κ3) is 17.0. The Bertz CT molecular complexity index is 823. The SMILES string of the molecule is C=CC(=O)OCCOC(=O)C(=O)OCCCCC(=O)C(=O)NCCCOC(=O)C(=O)OCCOC(=O)C=C. The average Bonchev–Trinajstić information content (AvgIpc) is 2.91. The van der Waals surface area contributed by atoms with E-state index in [0.717, 1.165) is 12.2 Å². The lowest BCUT2D eigenvalue weighted by Gasteiger charge is -2.07. The fraction of sp³-hybridized carbons (Fsp3) is 0.478. The molecule has 0 aliphatic heterocycles. The van der Waals surface area contributed by atoms with Crippen molar-refractivity contribution < 1.29 is 66.8 Å². The summed E-state index contributed by atoms with van der Waals surface area (Å²) < 4.78 is 27.5. The van der Waals surface area contributed by atoms with E-state index in [1.165, 1.54) is 0 Å². The molecule has 0 aliphatic rings. The Balaban J connectivity index is 3.82. The maximum atomic E-state index is 11.8. The number of amides is 1. The van der Waals surface area contributed by atoms with E-state index in [2.05, 4.69) is 46.9 Å². The van der Waals surface area contributed by atoms with Crippen molar-refractivity contribution in [3.05, 3.63) is 25.3 Å². The summed E-state index contributed by atoms with van der Waals surface area (Å²) in [6.45, 7) is 4.69. The van der Waals surface area contributed by atoms with Crippen LogP contribution < -0.4 is 5.32 Å². The van der Waals surface area contributed by atoms with Gasteiger partial charge in [-0.15, -0.1) is 0 Å². The van der Waals surface area contributed by atoms with Crippen LogP contribution in [0.2, 0.25) is 0 Å². The monoisotopic (exact) mass is 543 g/mol. The van der Waals surface area contributed by atoms with E-state index in [9.17, 15) is 38.4 Å². The highest BCUT2D eigenvalue weighted by Gasteiger charge is 2.19. The number of ketones is 1. The lowest BCUT2D eigenvalue weighted by molar-refractivity contribution is -0.169. The van der Waals surface area contributed by atoms with E-state index in [1.807, 2.05) is 0 Å². The number of esters is 6. The maximum Gasteiger partial charge on any atom is 0.417 e. The molecular weight excluding hydrogens is 514 g/mol. The molecule has 0 bridgehead atoms. The number of unbranched alkanes of at least 4 members (excludes halogenated alkanes) is 1. The number of ether oxygens (including phenoxy) is 6. The van der Waals surface area contributed by atoms with Crippen molar-refractivity contribution in [3.63, 3.8) is 0 Å². The standard InChI is InChI=1S/C23H29NO14/c1-3-17(26)33-12-14-37-22(31)20(29)35-10-6-5-8-16(25)19(28)24-9-7-11-36-21(30)23(32)38-15-13-34-18(27)4-2/h3-4H,1-2,5-15H2,(H,24,28). The minimum absolute atomic E-state index is 0.0169. The molecule has 0 heterocycles. The summed E-state index contributed by atoms with van der Waals surface area (Å²) in [7, 11) is 0. The fourth-order valence-electron chi connectivity index (χ4n) is 2.11. The molecule has 0 unspecified atom stereocenters. The van der Waals surface area contributed by atoms with Gasteiger partial charge < -0.3 is 33.7 Å². The molecular formula is C23H29NO14. The molecule has 0 spiro atoms. The van der Waals surface area contributed by atoms with Crippen molar-refractivity contribution in [2.75, 3.05) is 46.2 Å². The molecule has 0 saturated heterocycles. The Labute approximate surface area is 217 Å². The Morgan fingerprint density at radius 1 is 0.526 bits per heavy atom. The van der Waals surface area contributed by atoms with Crippen LogP contribution in [-0.2, 0) is 66.8 Å². The van der Waals surface area contributed by atoms with Crippen LogP contribution in [0.25, 0.3) is 0 Å². The number of rotatable bonds is 18. The largest absolute Gasteiger partial charge is 0.459 e. The average molecular weight is 543 g/mol. The molecule has 38 heavy (non-hydrogen) atoms. The second kappa shape index (κ2) is 20.6. The van der Waals surface area contributed by atoms with Gasteiger partial charge in [0.05, 0.1) is 13.2 Å². The highest BCUT2D eigenvalue weighted by Crippen LogP contribution is 1.99. The van der Waals surface area contributed by atoms with Gasteiger partial charge in [-0.25, -0.2) is 28.8 Å². The zero-order valence-electron chi connectivity index (χ0n) is 20.6. The number of nitrogens with one attached hydrogen (secondary N) is 1. The summed E-state index contributed by atoms with van der Waals surface area (Å²) in [5.74, 6) is -8.12. The molecule has 210 valence electrons. The van der Waals surface area contributed by atoms with Crippen molar-refractivity contribution in [2.45, 2.75) is 25.7 Å². The van der Waals surface area contributed by atoms with Crippen molar-refractivity contribution >= 4 is 47.5 Å². The lowest BCUT2D eigenvalue weighted by atomic mass is 10.1. The van der Waals surface area contributed by atoms with Crippen molar-refractivity contribution in [1.82, 2.24) is 5.32 Å². The molecule has 0 rings (SSSR count). The Kier molecular flexibility index (Phi) is 18.1. The van der Waals surface area contributed by atoms with E-state index >= 15 is 0 Å². The molecule has 0 aromatic heterocycles. The Hall–Kier alpha value is -4.56. The highest BCUT2D eigenvalue weighted by molar-refractivity contribution is 6.36. The van der Waals surface area contributed by atoms with Crippen LogP contribution in [0.5, 0.6) is 0 Å². The smallest absolute Gasteiger partial charge is 0.417 e. The van der Waals surface area contributed by atoms with Crippen LogP contribution in [-0.4, -0.2) is 93.7 Å². The minimum atomic E-state index is -1.28. The van der Waals surface area contributed by atoms with Gasteiger partial charge in [-0.2, -0.15) is 0 Å². The summed E-state index contributed by atoms with van der Waals surface area (Å²) >= 11 is 0. The van der Waals surface area contributed by atoms with Gasteiger partial charge in [-0.05, 0) is 19.3 Å². The van der Waals surface area contributed by atoms with Gasteiger partial charge in [0.15, 0.2) is 0 Å².